The second-order valence-corrected chi connectivity index (χ2v) is 12.5. The third kappa shape index (κ3) is 5.99. The van der Waals surface area contributed by atoms with Crippen molar-refractivity contribution in [1.29, 1.82) is 0 Å². The van der Waals surface area contributed by atoms with Crippen LogP contribution in [0.1, 0.15) is 50.6 Å². The van der Waals surface area contributed by atoms with E-state index in [0.717, 1.165) is 32.0 Å². The number of piperazine rings is 1. The first-order valence-corrected chi connectivity index (χ1v) is 14.8. The van der Waals surface area contributed by atoms with Crippen LogP contribution in [-0.4, -0.2) is 73.5 Å². The highest BCUT2D eigenvalue weighted by molar-refractivity contribution is 7.89. The third-order valence-corrected chi connectivity index (χ3v) is 9.77. The molecular weight excluding hydrogens is 493 g/mol. The molecule has 2 heterocycles. The van der Waals surface area contributed by atoms with E-state index in [1.807, 2.05) is 6.92 Å². The fourth-order valence-electron chi connectivity index (χ4n) is 5.70. The molecule has 2 aromatic carbocycles. The monoisotopic (exact) mass is 529 g/mol. The van der Waals surface area contributed by atoms with Crippen LogP contribution in [0.25, 0.3) is 0 Å². The average molecular weight is 530 g/mol. The number of carbonyl (C=O) groups is 1. The predicted octanol–water partition coefficient (Wildman–Crippen LogP) is 4.66. The van der Waals surface area contributed by atoms with Gasteiger partial charge in [0.15, 0.2) is 0 Å². The quantitative estimate of drug-likeness (QED) is 0.522. The normalized spacial score (nSPS) is 25.7. The van der Waals surface area contributed by atoms with E-state index in [1.165, 1.54) is 29.3 Å². The molecule has 2 aromatic rings. The van der Waals surface area contributed by atoms with Gasteiger partial charge in [-0.15, -0.1) is 0 Å². The van der Waals surface area contributed by atoms with Crippen LogP contribution in [-0.2, 0) is 14.8 Å². The van der Waals surface area contributed by atoms with Crippen LogP contribution in [0.4, 0.5) is 9.18 Å². The zero-order chi connectivity index (χ0) is 26.0. The van der Waals surface area contributed by atoms with Gasteiger partial charge in [0, 0.05) is 32.2 Å². The lowest BCUT2D eigenvalue weighted by atomic mass is 9.93. The zero-order valence-corrected chi connectivity index (χ0v) is 22.2. The number of halogens is 1. The summed E-state index contributed by atoms with van der Waals surface area (Å²) >= 11 is 0. The predicted molar refractivity (Wildman–Crippen MR) is 139 cm³/mol. The highest BCUT2D eigenvalue weighted by Crippen LogP contribution is 2.39. The van der Waals surface area contributed by atoms with E-state index in [-0.39, 0.29) is 17.5 Å². The smallest absolute Gasteiger partial charge is 0.410 e. The van der Waals surface area contributed by atoms with E-state index < -0.39 is 34.0 Å². The maximum absolute atomic E-state index is 14.1. The molecule has 5 rings (SSSR count). The lowest BCUT2D eigenvalue weighted by Gasteiger charge is -2.42. The molecule has 2 aliphatic heterocycles. The molecule has 9 heteroatoms. The number of hydrogen-bond donors (Lipinski definition) is 0. The van der Waals surface area contributed by atoms with Crippen LogP contribution in [0, 0.1) is 11.7 Å². The Morgan fingerprint density at radius 2 is 1.81 bits per heavy atom. The highest BCUT2D eigenvalue weighted by atomic mass is 32.2. The fourth-order valence-corrected chi connectivity index (χ4v) is 7.57. The Morgan fingerprint density at radius 3 is 2.51 bits per heavy atom. The summed E-state index contributed by atoms with van der Waals surface area (Å²) in [5.74, 6) is 0.401. The van der Waals surface area contributed by atoms with Gasteiger partial charge in [0.2, 0.25) is 10.0 Å². The summed E-state index contributed by atoms with van der Waals surface area (Å²) < 4.78 is 49.1. The van der Waals surface area contributed by atoms with Crippen molar-refractivity contribution < 1.29 is 22.3 Å². The number of amides is 1. The summed E-state index contributed by atoms with van der Waals surface area (Å²) in [5, 5.41) is 0. The summed E-state index contributed by atoms with van der Waals surface area (Å²) in [5.41, 5.74) is 0.607. The summed E-state index contributed by atoms with van der Waals surface area (Å²) in [6.07, 6.45) is 4.09. The van der Waals surface area contributed by atoms with E-state index in [2.05, 4.69) is 4.90 Å². The van der Waals surface area contributed by atoms with Crippen molar-refractivity contribution in [2.45, 2.75) is 62.0 Å². The Morgan fingerprint density at radius 1 is 1.03 bits per heavy atom. The Balaban J connectivity index is 1.33. The van der Waals surface area contributed by atoms with Crippen LogP contribution in [0.2, 0.25) is 0 Å². The minimum absolute atomic E-state index is 0.0360. The molecule has 0 unspecified atom stereocenters. The van der Waals surface area contributed by atoms with Gasteiger partial charge in [-0.1, -0.05) is 30.3 Å². The van der Waals surface area contributed by atoms with Gasteiger partial charge in [-0.2, -0.15) is 4.31 Å². The number of hydrogen-bond acceptors (Lipinski definition) is 5. The number of benzene rings is 2. The van der Waals surface area contributed by atoms with Gasteiger partial charge in [0.25, 0.3) is 0 Å². The van der Waals surface area contributed by atoms with Crippen molar-refractivity contribution in [2.75, 3.05) is 32.8 Å². The molecule has 37 heavy (non-hydrogen) atoms. The molecule has 0 N–H and O–H groups in total. The molecule has 1 saturated carbocycles. The number of carbonyl (C=O) groups excluding carboxylic acids is 1. The first kappa shape index (κ1) is 26.1. The van der Waals surface area contributed by atoms with Crippen molar-refractivity contribution in [3.8, 4) is 0 Å². The Kier molecular flexibility index (Phi) is 7.83. The first-order valence-electron chi connectivity index (χ1n) is 13.3. The largest absolute Gasteiger partial charge is 0.448 e. The maximum atomic E-state index is 14.1. The fraction of sp³-hybridized carbons (Fsp3) is 0.536. The molecule has 7 nitrogen and oxygen atoms in total. The van der Waals surface area contributed by atoms with Gasteiger partial charge in [-0.05, 0) is 74.8 Å². The van der Waals surface area contributed by atoms with E-state index in [1.54, 1.807) is 47.4 Å². The van der Waals surface area contributed by atoms with Crippen molar-refractivity contribution in [3.05, 3.63) is 66.0 Å². The van der Waals surface area contributed by atoms with E-state index in [4.69, 9.17) is 4.74 Å². The zero-order valence-electron chi connectivity index (χ0n) is 21.3. The SMILES string of the molecule is C[C@H]1CN(CC2CC2)CCN1C(=O)OC[C@H]1CCC[C@@H](c2cccc(F)c2)N1S(=O)(=O)c1ccccc1. The first-order chi connectivity index (χ1) is 17.8. The number of sulfonamides is 1. The number of piperidine rings is 1. The minimum Gasteiger partial charge on any atom is -0.448 e. The van der Waals surface area contributed by atoms with E-state index in [9.17, 15) is 17.6 Å². The molecule has 200 valence electrons. The Labute approximate surface area is 219 Å². The van der Waals surface area contributed by atoms with Crippen LogP contribution in [0.15, 0.2) is 59.5 Å². The van der Waals surface area contributed by atoms with Gasteiger partial charge in [0.1, 0.15) is 12.4 Å². The summed E-state index contributed by atoms with van der Waals surface area (Å²) in [6, 6.07) is 13.4. The second kappa shape index (κ2) is 11.1. The Bertz CT molecular complexity index is 1190. The average Bonchev–Trinajstić information content (AvgIpc) is 3.71. The molecule has 0 bridgehead atoms. The van der Waals surface area contributed by atoms with Gasteiger partial charge in [-0.25, -0.2) is 17.6 Å². The van der Waals surface area contributed by atoms with Crippen LogP contribution in [0.3, 0.4) is 0 Å². The van der Waals surface area contributed by atoms with E-state index in [0.29, 0.717) is 24.9 Å². The van der Waals surface area contributed by atoms with Gasteiger partial charge in [-0.3, -0.25) is 4.90 Å². The van der Waals surface area contributed by atoms with Crippen molar-refractivity contribution in [2.24, 2.45) is 5.92 Å². The number of ether oxygens (including phenoxy) is 1. The molecule has 1 aliphatic carbocycles. The molecule has 0 spiro atoms. The van der Waals surface area contributed by atoms with Crippen molar-refractivity contribution in [3.63, 3.8) is 0 Å². The molecule has 3 atom stereocenters. The molecule has 3 fully saturated rings. The van der Waals surface area contributed by atoms with Gasteiger partial charge in [0.05, 0.1) is 17.0 Å². The number of nitrogens with zero attached hydrogens (tertiary/aromatic N) is 3. The lowest BCUT2D eigenvalue weighted by Crippen LogP contribution is -2.55. The minimum atomic E-state index is -3.92. The van der Waals surface area contributed by atoms with Gasteiger partial charge < -0.3 is 9.64 Å². The molecule has 0 aromatic heterocycles. The second-order valence-electron chi connectivity index (χ2n) is 10.6. The molecule has 2 saturated heterocycles. The highest BCUT2D eigenvalue weighted by Gasteiger charge is 2.42. The van der Waals surface area contributed by atoms with Crippen LogP contribution < -0.4 is 0 Å². The van der Waals surface area contributed by atoms with E-state index >= 15 is 0 Å². The molecule has 1 amide bonds. The Hall–Kier alpha value is -2.49. The van der Waals surface area contributed by atoms with Gasteiger partial charge >= 0.3 is 6.09 Å². The lowest BCUT2D eigenvalue weighted by molar-refractivity contribution is 0.0318. The topological polar surface area (TPSA) is 70.2 Å². The summed E-state index contributed by atoms with van der Waals surface area (Å²) in [4.78, 5) is 17.4. The molecule has 0 radical (unpaired) electrons. The van der Waals surface area contributed by atoms with Crippen LogP contribution >= 0.6 is 0 Å². The number of rotatable bonds is 7. The maximum Gasteiger partial charge on any atom is 0.410 e. The molecule has 3 aliphatic rings. The summed E-state index contributed by atoms with van der Waals surface area (Å²) in [6.45, 7) is 5.36. The standard InChI is InChI=1S/C28H36FN3O4S/c1-21-18-30(19-22-13-14-22)15-16-31(21)28(33)36-20-25-9-6-12-27(23-7-5-8-24(29)17-23)32(25)37(34,35)26-10-3-2-4-11-26/h2-5,7-8,10-11,17,21-22,25,27H,6,9,12-16,18-20H2,1H3/t21-,25+,27-/m0/s1. The van der Waals surface area contributed by atoms with Crippen LogP contribution in [0.5, 0.6) is 0 Å². The third-order valence-electron chi connectivity index (χ3n) is 7.79. The van der Waals surface area contributed by atoms with Crippen molar-refractivity contribution >= 4 is 16.1 Å². The van der Waals surface area contributed by atoms with Crippen molar-refractivity contribution in [1.82, 2.24) is 14.1 Å². The molecular formula is C28H36FN3O4S. The summed E-state index contributed by atoms with van der Waals surface area (Å²) in [7, 11) is -3.92.